The number of nitrogens with one attached hydrogen (secondary N) is 1. The summed E-state index contributed by atoms with van der Waals surface area (Å²) in [6.07, 6.45) is 0. The van der Waals surface area contributed by atoms with Crippen LogP contribution in [0.1, 0.15) is 28.4 Å². The van der Waals surface area contributed by atoms with Gasteiger partial charge in [-0.1, -0.05) is 29.8 Å². The minimum Gasteiger partial charge on any atom is -0.320 e. The van der Waals surface area contributed by atoms with E-state index in [-0.39, 0.29) is 11.3 Å². The molecule has 0 aliphatic heterocycles. The molecule has 0 saturated heterocycles. The van der Waals surface area contributed by atoms with Crippen molar-refractivity contribution in [3.05, 3.63) is 57.4 Å². The standard InChI is InChI=1S/C15H12N2O2/c1-9-3-5-11(6-4-9)14-13(10(2)18)7-12(8-16)15(19)17-14/h3-7H,1-2H3,(H,17,19). The topological polar surface area (TPSA) is 73.7 Å². The molecule has 4 nitrogen and oxygen atoms in total. The minimum absolute atomic E-state index is 0.0546. The molecule has 94 valence electrons. The molecule has 1 aromatic carbocycles. The van der Waals surface area contributed by atoms with Crippen molar-refractivity contribution in [3.8, 4) is 17.3 Å². The highest BCUT2D eigenvalue weighted by molar-refractivity contribution is 6.00. The second-order valence-corrected chi connectivity index (χ2v) is 4.33. The molecular formula is C15H12N2O2. The average molecular weight is 252 g/mol. The number of aryl methyl sites for hydroxylation is 1. The zero-order valence-corrected chi connectivity index (χ0v) is 10.7. The summed E-state index contributed by atoms with van der Waals surface area (Å²) in [5.41, 5.74) is 2.10. The molecule has 2 rings (SSSR count). The molecule has 4 heteroatoms. The Morgan fingerprint density at radius 2 is 1.89 bits per heavy atom. The molecule has 1 heterocycles. The van der Waals surface area contributed by atoms with Crippen molar-refractivity contribution in [3.63, 3.8) is 0 Å². The smallest absolute Gasteiger partial charge is 0.266 e. The van der Waals surface area contributed by atoms with Crippen molar-refractivity contribution >= 4 is 5.78 Å². The quantitative estimate of drug-likeness (QED) is 0.834. The van der Waals surface area contributed by atoms with E-state index in [1.165, 1.54) is 13.0 Å². The number of aromatic amines is 1. The van der Waals surface area contributed by atoms with E-state index >= 15 is 0 Å². The van der Waals surface area contributed by atoms with Crippen LogP contribution < -0.4 is 5.56 Å². The molecule has 0 spiro atoms. The van der Waals surface area contributed by atoms with Gasteiger partial charge in [-0.15, -0.1) is 0 Å². The Kier molecular flexibility index (Phi) is 3.30. The number of hydrogen-bond acceptors (Lipinski definition) is 3. The van der Waals surface area contributed by atoms with Crippen molar-refractivity contribution in [1.82, 2.24) is 4.98 Å². The summed E-state index contributed by atoms with van der Waals surface area (Å²) in [4.78, 5) is 26.0. The molecule has 0 unspecified atom stereocenters. The fraction of sp³-hybridized carbons (Fsp3) is 0.133. The number of ketones is 1. The Hall–Kier alpha value is -2.67. The van der Waals surface area contributed by atoms with Crippen molar-refractivity contribution < 1.29 is 4.79 Å². The second-order valence-electron chi connectivity index (χ2n) is 4.33. The number of hydrogen-bond donors (Lipinski definition) is 1. The van der Waals surface area contributed by atoms with Gasteiger partial charge in [0.25, 0.3) is 5.56 Å². The number of aromatic nitrogens is 1. The zero-order valence-electron chi connectivity index (χ0n) is 10.7. The fourth-order valence-electron chi connectivity index (χ4n) is 1.84. The first-order valence-corrected chi connectivity index (χ1v) is 5.78. The Morgan fingerprint density at radius 1 is 1.26 bits per heavy atom. The average Bonchev–Trinajstić information content (AvgIpc) is 2.39. The summed E-state index contributed by atoms with van der Waals surface area (Å²) in [5.74, 6) is -0.191. The van der Waals surface area contributed by atoms with Gasteiger partial charge in [-0.3, -0.25) is 9.59 Å². The molecule has 19 heavy (non-hydrogen) atoms. The van der Waals surface area contributed by atoms with Crippen LogP contribution in [0.3, 0.4) is 0 Å². The lowest BCUT2D eigenvalue weighted by Gasteiger charge is -2.07. The first kappa shape index (κ1) is 12.8. The van der Waals surface area contributed by atoms with Gasteiger partial charge in [0.2, 0.25) is 0 Å². The van der Waals surface area contributed by atoms with Gasteiger partial charge in [0.1, 0.15) is 11.6 Å². The Balaban J connectivity index is 2.72. The summed E-state index contributed by atoms with van der Waals surface area (Å²) >= 11 is 0. The molecule has 0 saturated carbocycles. The summed E-state index contributed by atoms with van der Waals surface area (Å²) in [6, 6.07) is 10.6. The van der Waals surface area contributed by atoms with E-state index in [1.807, 2.05) is 31.2 Å². The number of pyridine rings is 1. The predicted molar refractivity (Wildman–Crippen MR) is 72.0 cm³/mol. The van der Waals surface area contributed by atoms with E-state index in [1.54, 1.807) is 6.07 Å². The molecular weight excluding hydrogens is 240 g/mol. The van der Waals surface area contributed by atoms with Gasteiger partial charge in [-0.2, -0.15) is 5.26 Å². The number of benzene rings is 1. The first-order chi connectivity index (χ1) is 9.02. The molecule has 0 atom stereocenters. The minimum atomic E-state index is -0.483. The maximum Gasteiger partial charge on any atom is 0.266 e. The van der Waals surface area contributed by atoms with Crippen LogP contribution in [0, 0.1) is 18.3 Å². The highest BCUT2D eigenvalue weighted by Crippen LogP contribution is 2.21. The number of rotatable bonds is 2. The van der Waals surface area contributed by atoms with Crippen molar-refractivity contribution in [2.24, 2.45) is 0 Å². The van der Waals surface area contributed by atoms with E-state index in [0.29, 0.717) is 11.3 Å². The maximum absolute atomic E-state index is 11.7. The van der Waals surface area contributed by atoms with Gasteiger partial charge >= 0.3 is 0 Å². The largest absolute Gasteiger partial charge is 0.320 e. The van der Waals surface area contributed by atoms with Gasteiger partial charge in [-0.25, -0.2) is 0 Å². The van der Waals surface area contributed by atoms with Crippen LogP contribution in [0.4, 0.5) is 0 Å². The number of Topliss-reactive ketones (excluding diaryl/α,β-unsaturated/α-hetero) is 1. The molecule has 1 N–H and O–H groups in total. The van der Waals surface area contributed by atoms with E-state index in [9.17, 15) is 9.59 Å². The van der Waals surface area contributed by atoms with Crippen LogP contribution in [-0.2, 0) is 0 Å². The lowest BCUT2D eigenvalue weighted by atomic mass is 10.0. The third-order valence-electron chi connectivity index (χ3n) is 2.88. The molecule has 0 radical (unpaired) electrons. The number of H-pyrrole nitrogens is 1. The number of carbonyl (C=O) groups excluding carboxylic acids is 1. The molecule has 0 aliphatic carbocycles. The Labute approximate surface area is 110 Å². The highest BCUT2D eigenvalue weighted by atomic mass is 16.1. The maximum atomic E-state index is 11.7. The normalized spacial score (nSPS) is 9.95. The first-order valence-electron chi connectivity index (χ1n) is 5.78. The number of carbonyl (C=O) groups is 1. The summed E-state index contributed by atoms with van der Waals surface area (Å²) in [6.45, 7) is 3.36. The molecule has 0 aliphatic rings. The molecule has 2 aromatic rings. The zero-order chi connectivity index (χ0) is 14.0. The van der Waals surface area contributed by atoms with Gasteiger partial charge in [0.05, 0.1) is 5.69 Å². The van der Waals surface area contributed by atoms with Gasteiger partial charge in [0.15, 0.2) is 5.78 Å². The van der Waals surface area contributed by atoms with Crippen LogP contribution in [0.25, 0.3) is 11.3 Å². The van der Waals surface area contributed by atoms with Gasteiger partial charge in [0, 0.05) is 5.56 Å². The van der Waals surface area contributed by atoms with Crippen LogP contribution >= 0.6 is 0 Å². The van der Waals surface area contributed by atoms with E-state index in [0.717, 1.165) is 11.1 Å². The van der Waals surface area contributed by atoms with Crippen LogP contribution in [-0.4, -0.2) is 10.8 Å². The summed E-state index contributed by atoms with van der Waals surface area (Å²) in [7, 11) is 0. The van der Waals surface area contributed by atoms with Crippen molar-refractivity contribution in [1.29, 1.82) is 5.26 Å². The van der Waals surface area contributed by atoms with Gasteiger partial charge in [-0.05, 0) is 25.5 Å². The summed E-state index contributed by atoms with van der Waals surface area (Å²) < 4.78 is 0. The lowest BCUT2D eigenvalue weighted by Crippen LogP contribution is -2.14. The molecule has 1 aromatic heterocycles. The Morgan fingerprint density at radius 3 is 2.42 bits per heavy atom. The molecule has 0 bridgehead atoms. The van der Waals surface area contributed by atoms with E-state index in [2.05, 4.69) is 4.98 Å². The van der Waals surface area contributed by atoms with Crippen LogP contribution in [0.5, 0.6) is 0 Å². The lowest BCUT2D eigenvalue weighted by molar-refractivity contribution is 0.101. The van der Waals surface area contributed by atoms with Crippen LogP contribution in [0.15, 0.2) is 35.1 Å². The molecule has 0 amide bonds. The third kappa shape index (κ3) is 2.45. The predicted octanol–water partition coefficient (Wildman–Crippen LogP) is 2.42. The fourth-order valence-corrected chi connectivity index (χ4v) is 1.84. The number of nitrogens with zero attached hydrogens (tertiary/aromatic N) is 1. The SMILES string of the molecule is CC(=O)c1cc(C#N)c(=O)[nH]c1-c1ccc(C)cc1. The van der Waals surface area contributed by atoms with Gasteiger partial charge < -0.3 is 4.98 Å². The van der Waals surface area contributed by atoms with E-state index < -0.39 is 5.56 Å². The summed E-state index contributed by atoms with van der Waals surface area (Å²) in [5, 5.41) is 8.84. The monoisotopic (exact) mass is 252 g/mol. The van der Waals surface area contributed by atoms with Crippen LogP contribution in [0.2, 0.25) is 0 Å². The van der Waals surface area contributed by atoms with Crippen molar-refractivity contribution in [2.45, 2.75) is 13.8 Å². The highest BCUT2D eigenvalue weighted by Gasteiger charge is 2.13. The Bertz CT molecular complexity index is 734. The van der Waals surface area contributed by atoms with E-state index in [4.69, 9.17) is 5.26 Å². The van der Waals surface area contributed by atoms with Crippen molar-refractivity contribution in [2.75, 3.05) is 0 Å². The third-order valence-corrected chi connectivity index (χ3v) is 2.88. The molecule has 0 fully saturated rings. The second kappa shape index (κ2) is 4.91. The number of nitriles is 1.